The number of carbonyl (C=O) groups is 1. The van der Waals surface area contributed by atoms with Gasteiger partial charge in [-0.3, -0.25) is 4.79 Å². The Kier molecular flexibility index (Phi) is 3.09. The number of allylic oxidation sites excluding steroid dienone is 4. The number of amides is 1. The molecule has 66 valence electrons. The lowest BCUT2D eigenvalue weighted by atomic mass is 9.89. The molecule has 0 radical (unpaired) electrons. The van der Waals surface area contributed by atoms with Crippen LogP contribution < -0.4 is 5.73 Å². The lowest BCUT2D eigenvalue weighted by Crippen LogP contribution is -2.13. The predicted octanol–water partition coefficient (Wildman–Crippen LogP) is 1.77. The molecule has 0 fully saturated rings. The van der Waals surface area contributed by atoms with Crippen molar-refractivity contribution < 1.29 is 4.79 Å². The Balaban J connectivity index is 2.38. The number of nitrogens with two attached hydrogens (primary N) is 1. The number of carbonyl (C=O) groups excluding carboxylic acids is 1. The van der Waals surface area contributed by atoms with Crippen LogP contribution in [-0.4, -0.2) is 5.91 Å². The molecule has 1 aliphatic rings. The van der Waals surface area contributed by atoms with E-state index in [0.717, 1.165) is 12.8 Å². The van der Waals surface area contributed by atoms with E-state index in [1.165, 1.54) is 5.57 Å². The van der Waals surface area contributed by atoms with E-state index in [9.17, 15) is 4.79 Å². The average molecular weight is 165 g/mol. The van der Waals surface area contributed by atoms with Gasteiger partial charge in [0.05, 0.1) is 0 Å². The SMILES string of the molecule is CC1=CC=CCC1CCC(N)=O. The molecular formula is C10H15NO. The largest absolute Gasteiger partial charge is 0.370 e. The van der Waals surface area contributed by atoms with E-state index < -0.39 is 0 Å². The van der Waals surface area contributed by atoms with Gasteiger partial charge in [0.2, 0.25) is 5.91 Å². The molecule has 0 aromatic rings. The van der Waals surface area contributed by atoms with Crippen molar-refractivity contribution in [1.29, 1.82) is 0 Å². The molecule has 2 nitrogen and oxygen atoms in total. The summed E-state index contributed by atoms with van der Waals surface area (Å²) in [6.45, 7) is 2.11. The summed E-state index contributed by atoms with van der Waals surface area (Å²) in [5, 5.41) is 0. The third kappa shape index (κ3) is 2.53. The third-order valence-corrected chi connectivity index (χ3v) is 2.30. The smallest absolute Gasteiger partial charge is 0.217 e. The Hall–Kier alpha value is -1.05. The first kappa shape index (κ1) is 9.04. The topological polar surface area (TPSA) is 43.1 Å². The molecule has 12 heavy (non-hydrogen) atoms. The van der Waals surface area contributed by atoms with E-state index in [-0.39, 0.29) is 5.91 Å². The summed E-state index contributed by atoms with van der Waals surface area (Å²) in [5.74, 6) is 0.333. The molecule has 0 aliphatic heterocycles. The first-order valence-corrected chi connectivity index (χ1v) is 4.32. The van der Waals surface area contributed by atoms with Crippen LogP contribution in [-0.2, 0) is 4.79 Å². The van der Waals surface area contributed by atoms with Gasteiger partial charge in [-0.05, 0) is 25.7 Å². The maximum atomic E-state index is 10.5. The summed E-state index contributed by atoms with van der Waals surface area (Å²) in [5.41, 5.74) is 6.44. The second kappa shape index (κ2) is 4.10. The van der Waals surface area contributed by atoms with E-state index in [1.807, 2.05) is 0 Å². The average Bonchev–Trinajstić information content (AvgIpc) is 2.03. The van der Waals surface area contributed by atoms with Crippen molar-refractivity contribution in [2.45, 2.75) is 26.2 Å². The zero-order valence-electron chi connectivity index (χ0n) is 7.42. The molecule has 1 rings (SSSR count). The van der Waals surface area contributed by atoms with Crippen molar-refractivity contribution in [2.24, 2.45) is 11.7 Å². The molecule has 2 N–H and O–H groups in total. The predicted molar refractivity (Wildman–Crippen MR) is 49.4 cm³/mol. The molecule has 0 aromatic carbocycles. The summed E-state index contributed by atoms with van der Waals surface area (Å²) in [6.07, 6.45) is 8.76. The highest BCUT2D eigenvalue weighted by Crippen LogP contribution is 2.24. The molecule has 1 amide bonds. The highest BCUT2D eigenvalue weighted by molar-refractivity contribution is 5.73. The Bertz CT molecular complexity index is 228. The van der Waals surface area contributed by atoms with E-state index in [0.29, 0.717) is 12.3 Å². The highest BCUT2D eigenvalue weighted by Gasteiger charge is 2.11. The van der Waals surface area contributed by atoms with Gasteiger partial charge in [-0.2, -0.15) is 0 Å². The molecule has 0 heterocycles. The number of hydrogen-bond donors (Lipinski definition) is 1. The van der Waals surface area contributed by atoms with Crippen LogP contribution in [0.15, 0.2) is 23.8 Å². The maximum Gasteiger partial charge on any atom is 0.217 e. The Morgan fingerprint density at radius 2 is 2.50 bits per heavy atom. The number of primary amides is 1. The number of hydrogen-bond acceptors (Lipinski definition) is 1. The fourth-order valence-corrected chi connectivity index (χ4v) is 1.45. The van der Waals surface area contributed by atoms with Gasteiger partial charge in [0.15, 0.2) is 0 Å². The maximum absolute atomic E-state index is 10.5. The van der Waals surface area contributed by atoms with Crippen molar-refractivity contribution >= 4 is 5.91 Å². The Morgan fingerprint density at radius 3 is 3.08 bits per heavy atom. The Labute approximate surface area is 73.1 Å². The molecule has 1 atom stereocenters. The minimum atomic E-state index is -0.197. The van der Waals surface area contributed by atoms with Gasteiger partial charge in [-0.25, -0.2) is 0 Å². The molecule has 0 bridgehead atoms. The van der Waals surface area contributed by atoms with Gasteiger partial charge in [0.25, 0.3) is 0 Å². The second-order valence-corrected chi connectivity index (χ2v) is 3.28. The first-order chi connectivity index (χ1) is 5.70. The molecular weight excluding hydrogens is 150 g/mol. The molecule has 0 saturated heterocycles. The lowest BCUT2D eigenvalue weighted by molar-refractivity contribution is -0.118. The summed E-state index contributed by atoms with van der Waals surface area (Å²) < 4.78 is 0. The standard InChI is InChI=1S/C10H15NO/c1-8-4-2-3-5-9(8)6-7-10(11)12/h2-4,9H,5-7H2,1H3,(H2,11,12). The van der Waals surface area contributed by atoms with Crippen molar-refractivity contribution in [3.8, 4) is 0 Å². The fraction of sp³-hybridized carbons (Fsp3) is 0.500. The molecule has 1 unspecified atom stereocenters. The molecule has 0 saturated carbocycles. The minimum absolute atomic E-state index is 0.197. The van der Waals surface area contributed by atoms with Crippen LogP contribution in [0.25, 0.3) is 0 Å². The summed E-state index contributed by atoms with van der Waals surface area (Å²) in [7, 11) is 0. The van der Waals surface area contributed by atoms with Crippen molar-refractivity contribution in [3.05, 3.63) is 23.8 Å². The van der Waals surface area contributed by atoms with Crippen molar-refractivity contribution in [1.82, 2.24) is 0 Å². The van der Waals surface area contributed by atoms with E-state index >= 15 is 0 Å². The van der Waals surface area contributed by atoms with Crippen molar-refractivity contribution in [3.63, 3.8) is 0 Å². The van der Waals surface area contributed by atoms with Gasteiger partial charge in [0.1, 0.15) is 0 Å². The lowest BCUT2D eigenvalue weighted by Gasteiger charge is -2.17. The molecule has 1 aliphatic carbocycles. The summed E-state index contributed by atoms with van der Waals surface area (Å²) in [6, 6.07) is 0. The third-order valence-electron chi connectivity index (χ3n) is 2.30. The number of rotatable bonds is 3. The minimum Gasteiger partial charge on any atom is -0.370 e. The van der Waals surface area contributed by atoms with Gasteiger partial charge < -0.3 is 5.73 Å². The van der Waals surface area contributed by atoms with Crippen LogP contribution in [0.5, 0.6) is 0 Å². The first-order valence-electron chi connectivity index (χ1n) is 4.32. The van der Waals surface area contributed by atoms with E-state index in [2.05, 4.69) is 25.2 Å². The molecule has 0 aromatic heterocycles. The van der Waals surface area contributed by atoms with Gasteiger partial charge in [0, 0.05) is 6.42 Å². The Morgan fingerprint density at radius 1 is 1.75 bits per heavy atom. The quantitative estimate of drug-likeness (QED) is 0.680. The highest BCUT2D eigenvalue weighted by atomic mass is 16.1. The zero-order chi connectivity index (χ0) is 8.97. The molecule has 0 spiro atoms. The summed E-state index contributed by atoms with van der Waals surface area (Å²) in [4.78, 5) is 10.5. The van der Waals surface area contributed by atoms with Crippen LogP contribution in [0.1, 0.15) is 26.2 Å². The zero-order valence-corrected chi connectivity index (χ0v) is 7.42. The van der Waals surface area contributed by atoms with Crippen LogP contribution in [0.4, 0.5) is 0 Å². The molecule has 2 heteroatoms. The summed E-state index contributed by atoms with van der Waals surface area (Å²) >= 11 is 0. The second-order valence-electron chi connectivity index (χ2n) is 3.28. The van der Waals surface area contributed by atoms with Crippen molar-refractivity contribution in [2.75, 3.05) is 0 Å². The van der Waals surface area contributed by atoms with E-state index in [1.54, 1.807) is 0 Å². The van der Waals surface area contributed by atoms with Crippen LogP contribution in [0, 0.1) is 5.92 Å². The monoisotopic (exact) mass is 165 g/mol. The van der Waals surface area contributed by atoms with Crippen LogP contribution >= 0.6 is 0 Å². The van der Waals surface area contributed by atoms with Crippen LogP contribution in [0.2, 0.25) is 0 Å². The fourth-order valence-electron chi connectivity index (χ4n) is 1.45. The van der Waals surface area contributed by atoms with Crippen LogP contribution in [0.3, 0.4) is 0 Å². The van der Waals surface area contributed by atoms with Gasteiger partial charge in [-0.15, -0.1) is 0 Å². The van der Waals surface area contributed by atoms with Gasteiger partial charge in [-0.1, -0.05) is 23.8 Å². The van der Waals surface area contributed by atoms with E-state index in [4.69, 9.17) is 5.73 Å². The normalized spacial score (nSPS) is 22.1. The van der Waals surface area contributed by atoms with Gasteiger partial charge >= 0.3 is 0 Å².